The molecule has 1 aromatic carbocycles. The number of hydrogen-bond acceptors (Lipinski definition) is 2. The van der Waals surface area contributed by atoms with Crippen LogP contribution >= 0.6 is 0 Å². The van der Waals surface area contributed by atoms with Crippen molar-refractivity contribution >= 4 is 0 Å². The van der Waals surface area contributed by atoms with E-state index in [4.69, 9.17) is 0 Å². The van der Waals surface area contributed by atoms with Gasteiger partial charge in [-0.25, -0.2) is 0 Å². The first kappa shape index (κ1) is 14.4. The van der Waals surface area contributed by atoms with E-state index in [2.05, 4.69) is 18.3 Å². The summed E-state index contributed by atoms with van der Waals surface area (Å²) < 4.78 is 0. The molecule has 1 aromatic rings. The molecule has 1 fully saturated rings. The van der Waals surface area contributed by atoms with Crippen molar-refractivity contribution in [3.05, 3.63) is 29.8 Å². The van der Waals surface area contributed by atoms with Crippen LogP contribution in [0, 0.1) is 0 Å². The standard InChI is InChI=1S/C17H27NO/c1-2-3-7-13-18-17(11-5-4-6-12-17)15-9-8-10-16(19)14-15/h8-10,14,18-19H,2-7,11-13H2,1H3. The first-order chi connectivity index (χ1) is 9.27. The van der Waals surface area contributed by atoms with Gasteiger partial charge in [0.2, 0.25) is 0 Å². The van der Waals surface area contributed by atoms with E-state index in [-0.39, 0.29) is 5.54 Å². The third kappa shape index (κ3) is 3.73. The second kappa shape index (κ2) is 6.95. The third-order valence-electron chi connectivity index (χ3n) is 4.35. The molecule has 0 bridgehead atoms. The Bertz CT molecular complexity index is 383. The average Bonchev–Trinajstić information content (AvgIpc) is 2.45. The van der Waals surface area contributed by atoms with Gasteiger partial charge in [-0.2, -0.15) is 0 Å². The van der Waals surface area contributed by atoms with E-state index in [1.165, 1.54) is 56.9 Å². The maximum absolute atomic E-state index is 9.74. The van der Waals surface area contributed by atoms with Gasteiger partial charge in [0, 0.05) is 5.54 Å². The first-order valence-corrected chi connectivity index (χ1v) is 7.81. The highest BCUT2D eigenvalue weighted by Gasteiger charge is 2.33. The molecule has 0 saturated heterocycles. The van der Waals surface area contributed by atoms with Crippen molar-refractivity contribution in [3.63, 3.8) is 0 Å². The summed E-state index contributed by atoms with van der Waals surface area (Å²) in [6, 6.07) is 7.84. The molecular formula is C17H27NO. The van der Waals surface area contributed by atoms with Gasteiger partial charge in [-0.3, -0.25) is 0 Å². The fourth-order valence-corrected chi connectivity index (χ4v) is 3.23. The second-order valence-corrected chi connectivity index (χ2v) is 5.83. The molecule has 1 aliphatic rings. The van der Waals surface area contributed by atoms with Crippen LogP contribution in [0.1, 0.15) is 63.9 Å². The molecule has 2 N–H and O–H groups in total. The van der Waals surface area contributed by atoms with Crippen LogP contribution in [0.5, 0.6) is 5.75 Å². The highest BCUT2D eigenvalue weighted by atomic mass is 16.3. The Morgan fingerprint density at radius 1 is 1.16 bits per heavy atom. The van der Waals surface area contributed by atoms with Crippen molar-refractivity contribution in [2.24, 2.45) is 0 Å². The van der Waals surface area contributed by atoms with Gasteiger partial charge < -0.3 is 10.4 Å². The molecule has 0 aromatic heterocycles. The lowest BCUT2D eigenvalue weighted by Gasteiger charge is -2.39. The van der Waals surface area contributed by atoms with Crippen LogP contribution in [0.4, 0.5) is 0 Å². The zero-order valence-electron chi connectivity index (χ0n) is 12.1. The van der Waals surface area contributed by atoms with Crippen LogP contribution in [0.2, 0.25) is 0 Å². The zero-order chi connectivity index (χ0) is 13.6. The van der Waals surface area contributed by atoms with Crippen molar-refractivity contribution in [2.45, 2.75) is 63.8 Å². The molecule has 0 amide bonds. The van der Waals surface area contributed by atoms with E-state index in [1.807, 2.05) is 12.1 Å². The Hall–Kier alpha value is -1.02. The quantitative estimate of drug-likeness (QED) is 0.747. The van der Waals surface area contributed by atoms with Gasteiger partial charge in [0.05, 0.1) is 0 Å². The summed E-state index contributed by atoms with van der Waals surface area (Å²) in [6.07, 6.45) is 10.1. The molecule has 2 nitrogen and oxygen atoms in total. The number of aromatic hydroxyl groups is 1. The summed E-state index contributed by atoms with van der Waals surface area (Å²) in [6.45, 7) is 3.33. The van der Waals surface area contributed by atoms with Gasteiger partial charge in [0.1, 0.15) is 5.75 Å². The Labute approximate surface area is 117 Å². The van der Waals surface area contributed by atoms with E-state index in [1.54, 1.807) is 6.07 Å². The van der Waals surface area contributed by atoms with Gasteiger partial charge in [-0.05, 0) is 43.5 Å². The van der Waals surface area contributed by atoms with E-state index in [0.717, 1.165) is 6.54 Å². The molecule has 0 spiro atoms. The van der Waals surface area contributed by atoms with Crippen molar-refractivity contribution in [3.8, 4) is 5.75 Å². The number of unbranched alkanes of at least 4 members (excludes halogenated alkanes) is 2. The molecule has 0 aliphatic heterocycles. The molecule has 0 heterocycles. The van der Waals surface area contributed by atoms with Crippen LogP contribution in [0.15, 0.2) is 24.3 Å². The zero-order valence-corrected chi connectivity index (χ0v) is 12.1. The van der Waals surface area contributed by atoms with Gasteiger partial charge in [0.15, 0.2) is 0 Å². The first-order valence-electron chi connectivity index (χ1n) is 7.81. The normalized spacial score (nSPS) is 18.4. The lowest BCUT2D eigenvalue weighted by atomic mass is 9.76. The Balaban J connectivity index is 2.09. The lowest BCUT2D eigenvalue weighted by molar-refractivity contribution is 0.232. The molecule has 2 heteroatoms. The third-order valence-corrected chi connectivity index (χ3v) is 4.35. The fourth-order valence-electron chi connectivity index (χ4n) is 3.23. The molecule has 1 saturated carbocycles. The average molecular weight is 261 g/mol. The van der Waals surface area contributed by atoms with Gasteiger partial charge in [-0.1, -0.05) is 51.2 Å². The molecule has 106 valence electrons. The number of rotatable bonds is 6. The van der Waals surface area contributed by atoms with Crippen LogP contribution in [0.25, 0.3) is 0 Å². The van der Waals surface area contributed by atoms with Crippen molar-refractivity contribution in [1.82, 2.24) is 5.32 Å². The smallest absolute Gasteiger partial charge is 0.115 e. The predicted octanol–water partition coefficient (Wildman–Crippen LogP) is 4.33. The van der Waals surface area contributed by atoms with Crippen molar-refractivity contribution in [2.75, 3.05) is 6.54 Å². The fraction of sp³-hybridized carbons (Fsp3) is 0.647. The monoisotopic (exact) mass is 261 g/mol. The number of nitrogens with one attached hydrogen (secondary N) is 1. The van der Waals surface area contributed by atoms with E-state index >= 15 is 0 Å². The van der Waals surface area contributed by atoms with Crippen LogP contribution in [-0.4, -0.2) is 11.7 Å². The van der Waals surface area contributed by atoms with E-state index < -0.39 is 0 Å². The van der Waals surface area contributed by atoms with Gasteiger partial charge >= 0.3 is 0 Å². The molecular weight excluding hydrogens is 234 g/mol. The highest BCUT2D eigenvalue weighted by Crippen LogP contribution is 2.38. The number of phenolic OH excluding ortho intramolecular Hbond substituents is 1. The largest absolute Gasteiger partial charge is 0.508 e. The van der Waals surface area contributed by atoms with Crippen molar-refractivity contribution < 1.29 is 5.11 Å². The minimum Gasteiger partial charge on any atom is -0.508 e. The number of hydrogen-bond donors (Lipinski definition) is 2. The minimum absolute atomic E-state index is 0.102. The molecule has 0 atom stereocenters. The summed E-state index contributed by atoms with van der Waals surface area (Å²) in [4.78, 5) is 0. The minimum atomic E-state index is 0.102. The summed E-state index contributed by atoms with van der Waals surface area (Å²) in [5, 5.41) is 13.5. The maximum atomic E-state index is 9.74. The SMILES string of the molecule is CCCCCNC1(c2cccc(O)c2)CCCCC1. The molecule has 2 rings (SSSR count). The van der Waals surface area contributed by atoms with E-state index in [0.29, 0.717) is 5.75 Å². The molecule has 0 unspecified atom stereocenters. The predicted molar refractivity (Wildman–Crippen MR) is 80.4 cm³/mol. The molecule has 1 aliphatic carbocycles. The van der Waals surface area contributed by atoms with Crippen LogP contribution in [-0.2, 0) is 5.54 Å². The summed E-state index contributed by atoms with van der Waals surface area (Å²) in [7, 11) is 0. The van der Waals surface area contributed by atoms with Crippen LogP contribution in [0.3, 0.4) is 0 Å². The molecule has 0 radical (unpaired) electrons. The topological polar surface area (TPSA) is 32.3 Å². The number of benzene rings is 1. The summed E-state index contributed by atoms with van der Waals surface area (Å²) in [5.41, 5.74) is 1.37. The van der Waals surface area contributed by atoms with Crippen LogP contribution < -0.4 is 5.32 Å². The molecule has 19 heavy (non-hydrogen) atoms. The Morgan fingerprint density at radius 2 is 1.95 bits per heavy atom. The van der Waals surface area contributed by atoms with E-state index in [9.17, 15) is 5.11 Å². The second-order valence-electron chi connectivity index (χ2n) is 5.83. The summed E-state index contributed by atoms with van der Waals surface area (Å²) in [5.74, 6) is 0.387. The Kier molecular flexibility index (Phi) is 5.26. The van der Waals surface area contributed by atoms with Gasteiger partial charge in [-0.15, -0.1) is 0 Å². The van der Waals surface area contributed by atoms with Gasteiger partial charge in [0.25, 0.3) is 0 Å². The summed E-state index contributed by atoms with van der Waals surface area (Å²) >= 11 is 0. The Morgan fingerprint density at radius 3 is 2.63 bits per heavy atom. The number of phenols is 1. The highest BCUT2D eigenvalue weighted by molar-refractivity contribution is 5.33. The maximum Gasteiger partial charge on any atom is 0.115 e. The van der Waals surface area contributed by atoms with Crippen molar-refractivity contribution in [1.29, 1.82) is 0 Å². The lowest BCUT2D eigenvalue weighted by Crippen LogP contribution is -2.44.